The van der Waals surface area contributed by atoms with Gasteiger partial charge in [-0.3, -0.25) is 4.79 Å². The van der Waals surface area contributed by atoms with Crippen LogP contribution in [0.15, 0.2) is 53.4 Å². The molecule has 1 saturated carbocycles. The van der Waals surface area contributed by atoms with Crippen molar-refractivity contribution < 1.29 is 13.2 Å². The lowest BCUT2D eigenvalue weighted by molar-refractivity contribution is -0.132. The predicted octanol–water partition coefficient (Wildman–Crippen LogP) is 5.15. The van der Waals surface area contributed by atoms with Gasteiger partial charge in [0.15, 0.2) is 0 Å². The smallest absolute Gasteiger partial charge is 0.243 e. The van der Waals surface area contributed by atoms with Crippen LogP contribution in [0.3, 0.4) is 0 Å². The standard InChI is InChI=1S/C27H36N2O3S/c1-21-8-10-22(11-9-21)20-28-26(30)27(2)16-18-29(19-17-27)33(31,32)25-14-12-24(13-15-25)23-6-4-3-5-7-23/h8-15,23H,3-7,16-20H2,1-2H3,(H,28,30). The highest BCUT2D eigenvalue weighted by Gasteiger charge is 2.40. The van der Waals surface area contributed by atoms with Crippen molar-refractivity contribution in [3.8, 4) is 0 Å². The molecule has 2 aliphatic rings. The van der Waals surface area contributed by atoms with Gasteiger partial charge in [-0.1, -0.05) is 68.1 Å². The molecule has 0 atom stereocenters. The van der Waals surface area contributed by atoms with Crippen LogP contribution in [0.5, 0.6) is 0 Å². The van der Waals surface area contributed by atoms with Crippen LogP contribution in [0.4, 0.5) is 0 Å². The Labute approximate surface area is 198 Å². The summed E-state index contributed by atoms with van der Waals surface area (Å²) in [7, 11) is -3.54. The number of benzene rings is 2. The molecule has 1 N–H and O–H groups in total. The molecule has 0 unspecified atom stereocenters. The number of nitrogens with zero attached hydrogens (tertiary/aromatic N) is 1. The molecule has 1 saturated heterocycles. The lowest BCUT2D eigenvalue weighted by Crippen LogP contribution is -2.48. The molecular formula is C27H36N2O3S. The van der Waals surface area contributed by atoms with Crippen LogP contribution in [-0.4, -0.2) is 31.7 Å². The molecule has 4 rings (SSSR count). The van der Waals surface area contributed by atoms with Crippen molar-refractivity contribution in [2.24, 2.45) is 5.41 Å². The van der Waals surface area contributed by atoms with Gasteiger partial charge in [0.05, 0.1) is 4.90 Å². The first-order chi connectivity index (χ1) is 15.8. The molecule has 33 heavy (non-hydrogen) atoms. The normalized spacial score (nSPS) is 19.8. The summed E-state index contributed by atoms with van der Waals surface area (Å²) in [6, 6.07) is 15.6. The Bertz CT molecular complexity index is 1050. The Hall–Kier alpha value is -2.18. The maximum atomic E-state index is 13.2. The van der Waals surface area contributed by atoms with Gasteiger partial charge in [0.2, 0.25) is 15.9 Å². The van der Waals surface area contributed by atoms with E-state index < -0.39 is 15.4 Å². The topological polar surface area (TPSA) is 66.5 Å². The van der Waals surface area contributed by atoms with Crippen LogP contribution in [0.2, 0.25) is 0 Å². The van der Waals surface area contributed by atoms with Crippen molar-refractivity contribution in [3.05, 3.63) is 65.2 Å². The molecule has 2 aromatic carbocycles. The maximum absolute atomic E-state index is 13.2. The summed E-state index contributed by atoms with van der Waals surface area (Å²) in [6.07, 6.45) is 7.26. The number of hydrogen-bond donors (Lipinski definition) is 1. The predicted molar refractivity (Wildman–Crippen MR) is 131 cm³/mol. The van der Waals surface area contributed by atoms with E-state index in [9.17, 15) is 13.2 Å². The molecule has 1 heterocycles. The van der Waals surface area contributed by atoms with E-state index in [1.54, 1.807) is 12.1 Å². The van der Waals surface area contributed by atoms with Crippen molar-refractivity contribution >= 4 is 15.9 Å². The number of carbonyl (C=O) groups excluding carboxylic acids is 1. The van der Waals surface area contributed by atoms with E-state index >= 15 is 0 Å². The Morgan fingerprint density at radius 2 is 1.58 bits per heavy atom. The lowest BCUT2D eigenvalue weighted by Gasteiger charge is -2.37. The third-order valence-electron chi connectivity index (χ3n) is 7.54. The molecule has 0 radical (unpaired) electrons. The zero-order valence-corrected chi connectivity index (χ0v) is 20.7. The Balaban J connectivity index is 1.34. The molecular weight excluding hydrogens is 432 g/mol. The van der Waals surface area contributed by atoms with Gasteiger partial charge in [-0.05, 0) is 61.8 Å². The van der Waals surface area contributed by atoms with Crippen LogP contribution in [0.1, 0.15) is 74.5 Å². The van der Waals surface area contributed by atoms with E-state index in [1.807, 2.05) is 50.2 Å². The number of carbonyl (C=O) groups is 1. The molecule has 5 nitrogen and oxygen atoms in total. The summed E-state index contributed by atoms with van der Waals surface area (Å²) >= 11 is 0. The third kappa shape index (κ3) is 5.49. The van der Waals surface area contributed by atoms with Gasteiger partial charge in [-0.15, -0.1) is 0 Å². The van der Waals surface area contributed by atoms with E-state index in [0.29, 0.717) is 43.3 Å². The maximum Gasteiger partial charge on any atom is 0.243 e. The van der Waals surface area contributed by atoms with Gasteiger partial charge in [0.1, 0.15) is 0 Å². The van der Waals surface area contributed by atoms with E-state index in [2.05, 4.69) is 5.32 Å². The first-order valence-corrected chi connectivity index (χ1v) is 13.7. The number of piperidine rings is 1. The summed E-state index contributed by atoms with van der Waals surface area (Å²) in [4.78, 5) is 13.3. The minimum atomic E-state index is -3.54. The lowest BCUT2D eigenvalue weighted by atomic mass is 9.80. The Morgan fingerprint density at radius 1 is 0.970 bits per heavy atom. The molecule has 1 amide bonds. The summed E-state index contributed by atoms with van der Waals surface area (Å²) in [5.74, 6) is 0.557. The van der Waals surface area contributed by atoms with Gasteiger partial charge < -0.3 is 5.32 Å². The van der Waals surface area contributed by atoms with Crippen LogP contribution in [-0.2, 0) is 21.4 Å². The van der Waals surface area contributed by atoms with Gasteiger partial charge >= 0.3 is 0 Å². The number of hydrogen-bond acceptors (Lipinski definition) is 3. The highest BCUT2D eigenvalue weighted by Crippen LogP contribution is 2.35. The number of amides is 1. The van der Waals surface area contributed by atoms with Gasteiger partial charge in [-0.2, -0.15) is 4.31 Å². The zero-order valence-electron chi connectivity index (χ0n) is 19.8. The highest BCUT2D eigenvalue weighted by atomic mass is 32.2. The minimum Gasteiger partial charge on any atom is -0.352 e. The minimum absolute atomic E-state index is 0.00282. The van der Waals surface area contributed by atoms with Crippen molar-refractivity contribution in [2.45, 2.75) is 76.2 Å². The first kappa shape index (κ1) is 24.0. The van der Waals surface area contributed by atoms with Crippen molar-refractivity contribution in [1.29, 1.82) is 0 Å². The first-order valence-electron chi connectivity index (χ1n) is 12.2. The third-order valence-corrected chi connectivity index (χ3v) is 9.46. The fourth-order valence-corrected chi connectivity index (χ4v) is 6.49. The summed E-state index contributed by atoms with van der Waals surface area (Å²) in [5.41, 5.74) is 2.95. The molecule has 0 spiro atoms. The average molecular weight is 469 g/mol. The molecule has 0 aromatic heterocycles. The molecule has 2 fully saturated rings. The molecule has 2 aromatic rings. The SMILES string of the molecule is Cc1ccc(CNC(=O)C2(C)CCN(S(=O)(=O)c3ccc(C4CCCCC4)cc3)CC2)cc1. The summed E-state index contributed by atoms with van der Waals surface area (Å²) in [6.45, 7) is 5.20. The van der Waals surface area contributed by atoms with Gasteiger partial charge in [0.25, 0.3) is 0 Å². The molecule has 6 heteroatoms. The number of rotatable bonds is 6. The largest absolute Gasteiger partial charge is 0.352 e. The summed E-state index contributed by atoms with van der Waals surface area (Å²) in [5, 5.41) is 3.04. The second-order valence-electron chi connectivity index (χ2n) is 10.0. The van der Waals surface area contributed by atoms with Crippen molar-refractivity contribution in [1.82, 2.24) is 9.62 Å². The molecule has 0 bridgehead atoms. The van der Waals surface area contributed by atoms with Crippen LogP contribution >= 0.6 is 0 Å². The molecule has 1 aliphatic carbocycles. The highest BCUT2D eigenvalue weighted by molar-refractivity contribution is 7.89. The number of aryl methyl sites for hydroxylation is 1. The quantitative estimate of drug-likeness (QED) is 0.638. The summed E-state index contributed by atoms with van der Waals surface area (Å²) < 4.78 is 28.0. The number of sulfonamides is 1. The van der Waals surface area contributed by atoms with Crippen molar-refractivity contribution in [2.75, 3.05) is 13.1 Å². The van der Waals surface area contributed by atoms with E-state index in [4.69, 9.17) is 0 Å². The zero-order chi connectivity index (χ0) is 23.5. The monoisotopic (exact) mass is 468 g/mol. The average Bonchev–Trinajstić information content (AvgIpc) is 2.84. The second-order valence-corrected chi connectivity index (χ2v) is 12.0. The van der Waals surface area contributed by atoms with Crippen LogP contribution < -0.4 is 5.32 Å². The fraction of sp³-hybridized carbons (Fsp3) is 0.519. The van der Waals surface area contributed by atoms with Crippen LogP contribution in [0.25, 0.3) is 0 Å². The van der Waals surface area contributed by atoms with E-state index in [0.717, 1.165) is 5.56 Å². The van der Waals surface area contributed by atoms with Gasteiger partial charge in [0, 0.05) is 25.0 Å². The molecule has 178 valence electrons. The fourth-order valence-electron chi connectivity index (χ4n) is 5.05. The van der Waals surface area contributed by atoms with Crippen molar-refractivity contribution in [3.63, 3.8) is 0 Å². The van der Waals surface area contributed by atoms with Gasteiger partial charge in [-0.25, -0.2) is 8.42 Å². The number of nitrogens with one attached hydrogen (secondary N) is 1. The Kier molecular flexibility index (Phi) is 7.25. The van der Waals surface area contributed by atoms with E-state index in [1.165, 1.54) is 47.5 Å². The molecule has 1 aliphatic heterocycles. The van der Waals surface area contributed by atoms with Crippen LogP contribution in [0, 0.1) is 12.3 Å². The second kappa shape index (κ2) is 9.98. The Morgan fingerprint density at radius 3 is 2.18 bits per heavy atom. The van der Waals surface area contributed by atoms with E-state index in [-0.39, 0.29) is 5.91 Å².